The third-order valence-electron chi connectivity index (χ3n) is 3.55. The van der Waals surface area contributed by atoms with Crippen molar-refractivity contribution in [1.29, 1.82) is 0 Å². The molecule has 0 aliphatic heterocycles. The highest BCUT2D eigenvalue weighted by molar-refractivity contribution is 5.26. The molecule has 1 atom stereocenters. The maximum Gasteiger partial charge on any atom is 0.0538 e. The van der Waals surface area contributed by atoms with Crippen molar-refractivity contribution in [3.8, 4) is 0 Å². The van der Waals surface area contributed by atoms with Gasteiger partial charge in [-0.3, -0.25) is 5.10 Å². The molecule has 1 fully saturated rings. The largest absolute Gasteiger partial charge is 0.307 e. The first-order chi connectivity index (χ1) is 7.14. The number of hydrogen-bond donors (Lipinski definition) is 2. The van der Waals surface area contributed by atoms with Crippen LogP contribution in [-0.2, 0) is 6.42 Å². The molecule has 0 radical (unpaired) electrons. The summed E-state index contributed by atoms with van der Waals surface area (Å²) in [6.07, 6.45) is 7.07. The van der Waals surface area contributed by atoms with Gasteiger partial charge in [0.2, 0.25) is 0 Å². The van der Waals surface area contributed by atoms with Crippen molar-refractivity contribution in [2.45, 2.75) is 51.6 Å². The average molecular weight is 205 g/mol. The molecule has 0 amide bonds. The number of aromatic amines is 1. The van der Waals surface area contributed by atoms with E-state index < -0.39 is 0 Å². The monoisotopic (exact) mass is 205 g/mol. The van der Waals surface area contributed by atoms with Crippen molar-refractivity contribution in [2.75, 3.05) is 0 Å². The van der Waals surface area contributed by atoms with Crippen molar-refractivity contribution in [2.24, 2.45) is 5.41 Å². The van der Waals surface area contributed by atoms with Gasteiger partial charge in [-0.25, -0.2) is 0 Å². The fourth-order valence-corrected chi connectivity index (χ4v) is 2.66. The summed E-state index contributed by atoms with van der Waals surface area (Å²) in [5, 5.41) is 11.1. The smallest absolute Gasteiger partial charge is 0.0538 e. The molecular formula is C12H19N3. The third-order valence-corrected chi connectivity index (χ3v) is 3.55. The van der Waals surface area contributed by atoms with Gasteiger partial charge in [-0.1, -0.05) is 13.8 Å². The lowest BCUT2D eigenvalue weighted by Gasteiger charge is -2.35. The molecule has 0 aromatic carbocycles. The second kappa shape index (κ2) is 3.08. The molecule has 15 heavy (non-hydrogen) atoms. The average Bonchev–Trinajstić information content (AvgIpc) is 2.81. The van der Waals surface area contributed by atoms with E-state index in [1.165, 1.54) is 30.5 Å². The Labute approximate surface area is 90.7 Å². The first-order valence-electron chi connectivity index (χ1n) is 5.92. The number of fused-ring (bicyclic) bond motifs is 1. The van der Waals surface area contributed by atoms with Crippen LogP contribution >= 0.6 is 0 Å². The summed E-state index contributed by atoms with van der Waals surface area (Å²) in [5.74, 6) is 0. The van der Waals surface area contributed by atoms with Gasteiger partial charge in [0.05, 0.1) is 6.20 Å². The number of hydrogen-bond acceptors (Lipinski definition) is 2. The van der Waals surface area contributed by atoms with Crippen LogP contribution in [0.25, 0.3) is 0 Å². The van der Waals surface area contributed by atoms with Crippen LogP contribution in [0.2, 0.25) is 0 Å². The fraction of sp³-hybridized carbons (Fsp3) is 0.750. The van der Waals surface area contributed by atoms with Crippen LogP contribution in [0.5, 0.6) is 0 Å². The molecule has 2 aliphatic rings. The Hall–Kier alpha value is -0.830. The van der Waals surface area contributed by atoms with Crippen LogP contribution in [0, 0.1) is 5.41 Å². The predicted octanol–water partition coefficient (Wildman–Crippen LogP) is 2.18. The predicted molar refractivity (Wildman–Crippen MR) is 59.6 cm³/mol. The van der Waals surface area contributed by atoms with Crippen molar-refractivity contribution in [3.63, 3.8) is 0 Å². The van der Waals surface area contributed by atoms with E-state index in [0.717, 1.165) is 12.5 Å². The van der Waals surface area contributed by atoms with Crippen LogP contribution in [0.1, 0.15) is 50.4 Å². The summed E-state index contributed by atoms with van der Waals surface area (Å²) in [5.41, 5.74) is 3.14. The standard InChI is InChI=1S/C12H19N3/c1-12(2)5-10(14-8-3-4-8)9-7-13-15-11(9)6-12/h7-8,10,14H,3-6H2,1-2H3,(H,13,15). The van der Waals surface area contributed by atoms with Gasteiger partial charge >= 0.3 is 0 Å². The highest BCUT2D eigenvalue weighted by Crippen LogP contribution is 2.41. The number of aromatic nitrogens is 2. The Kier molecular flexibility index (Phi) is 1.93. The molecule has 1 aromatic rings. The van der Waals surface area contributed by atoms with Gasteiger partial charge in [-0.2, -0.15) is 5.10 Å². The molecule has 2 aliphatic carbocycles. The molecule has 3 rings (SSSR count). The van der Waals surface area contributed by atoms with Crippen molar-refractivity contribution >= 4 is 0 Å². The second-order valence-corrected chi connectivity index (χ2v) is 5.84. The van der Waals surface area contributed by atoms with E-state index >= 15 is 0 Å². The molecule has 82 valence electrons. The quantitative estimate of drug-likeness (QED) is 0.777. The Bertz CT molecular complexity index is 363. The molecule has 3 nitrogen and oxygen atoms in total. The zero-order chi connectivity index (χ0) is 10.5. The van der Waals surface area contributed by atoms with Crippen LogP contribution < -0.4 is 5.32 Å². The highest BCUT2D eigenvalue weighted by Gasteiger charge is 2.36. The molecule has 1 saturated carbocycles. The van der Waals surface area contributed by atoms with Gasteiger partial charge in [-0.15, -0.1) is 0 Å². The lowest BCUT2D eigenvalue weighted by atomic mass is 9.74. The third kappa shape index (κ3) is 1.81. The minimum atomic E-state index is 0.395. The van der Waals surface area contributed by atoms with Gasteiger partial charge in [0, 0.05) is 23.3 Å². The second-order valence-electron chi connectivity index (χ2n) is 5.84. The van der Waals surface area contributed by atoms with Gasteiger partial charge in [-0.05, 0) is 31.1 Å². The van der Waals surface area contributed by atoms with Gasteiger partial charge in [0.1, 0.15) is 0 Å². The Morgan fingerprint density at radius 3 is 3.00 bits per heavy atom. The molecule has 0 spiro atoms. The minimum Gasteiger partial charge on any atom is -0.307 e. The van der Waals surface area contributed by atoms with Gasteiger partial charge < -0.3 is 5.32 Å². The van der Waals surface area contributed by atoms with E-state index in [1.807, 2.05) is 6.20 Å². The maximum absolute atomic E-state index is 4.18. The summed E-state index contributed by atoms with van der Waals surface area (Å²) in [4.78, 5) is 0. The Morgan fingerprint density at radius 2 is 2.27 bits per heavy atom. The summed E-state index contributed by atoms with van der Waals surface area (Å²) in [7, 11) is 0. The Balaban J connectivity index is 1.87. The van der Waals surface area contributed by atoms with Crippen LogP contribution in [0.15, 0.2) is 6.20 Å². The summed E-state index contributed by atoms with van der Waals surface area (Å²) < 4.78 is 0. The zero-order valence-corrected chi connectivity index (χ0v) is 9.51. The molecular weight excluding hydrogens is 186 g/mol. The highest BCUT2D eigenvalue weighted by atomic mass is 15.1. The summed E-state index contributed by atoms with van der Waals surface area (Å²) in [6, 6.07) is 1.29. The summed E-state index contributed by atoms with van der Waals surface area (Å²) in [6.45, 7) is 4.69. The molecule has 0 saturated heterocycles. The first kappa shape index (κ1) is 9.40. The number of nitrogens with zero attached hydrogens (tertiary/aromatic N) is 1. The molecule has 1 unspecified atom stereocenters. The van der Waals surface area contributed by atoms with E-state index in [1.54, 1.807) is 0 Å². The fourth-order valence-electron chi connectivity index (χ4n) is 2.66. The number of H-pyrrole nitrogens is 1. The molecule has 2 N–H and O–H groups in total. The molecule has 1 heterocycles. The van der Waals surface area contributed by atoms with E-state index in [0.29, 0.717) is 11.5 Å². The molecule has 0 bridgehead atoms. The number of nitrogens with one attached hydrogen (secondary N) is 2. The van der Waals surface area contributed by atoms with E-state index in [2.05, 4.69) is 29.4 Å². The number of rotatable bonds is 2. The normalized spacial score (nSPS) is 28.8. The maximum atomic E-state index is 4.18. The van der Waals surface area contributed by atoms with Gasteiger partial charge in [0.25, 0.3) is 0 Å². The lowest BCUT2D eigenvalue weighted by molar-refractivity contribution is 0.254. The SMILES string of the molecule is CC1(C)Cc2[nH]ncc2C(NC2CC2)C1. The minimum absolute atomic E-state index is 0.395. The van der Waals surface area contributed by atoms with Crippen molar-refractivity contribution in [1.82, 2.24) is 15.5 Å². The van der Waals surface area contributed by atoms with E-state index in [4.69, 9.17) is 0 Å². The van der Waals surface area contributed by atoms with E-state index in [9.17, 15) is 0 Å². The van der Waals surface area contributed by atoms with Gasteiger partial charge in [0.15, 0.2) is 0 Å². The molecule has 3 heteroatoms. The topological polar surface area (TPSA) is 40.7 Å². The van der Waals surface area contributed by atoms with Crippen molar-refractivity contribution < 1.29 is 0 Å². The Morgan fingerprint density at radius 1 is 1.47 bits per heavy atom. The van der Waals surface area contributed by atoms with Crippen LogP contribution in [0.4, 0.5) is 0 Å². The summed E-state index contributed by atoms with van der Waals surface area (Å²) >= 11 is 0. The first-order valence-corrected chi connectivity index (χ1v) is 5.92. The van der Waals surface area contributed by atoms with Crippen molar-refractivity contribution in [3.05, 3.63) is 17.5 Å². The lowest BCUT2D eigenvalue weighted by Crippen LogP contribution is -2.34. The van der Waals surface area contributed by atoms with Crippen LogP contribution in [0.3, 0.4) is 0 Å². The van der Waals surface area contributed by atoms with Crippen LogP contribution in [-0.4, -0.2) is 16.2 Å². The van der Waals surface area contributed by atoms with E-state index in [-0.39, 0.29) is 0 Å². The zero-order valence-electron chi connectivity index (χ0n) is 9.51. The molecule has 1 aromatic heterocycles.